The molecule has 0 spiro atoms. The van der Waals surface area contributed by atoms with E-state index in [-0.39, 0.29) is 6.61 Å². The van der Waals surface area contributed by atoms with E-state index in [0.29, 0.717) is 17.7 Å². The zero-order chi connectivity index (χ0) is 10.1. The van der Waals surface area contributed by atoms with Gasteiger partial charge in [0.25, 0.3) is 0 Å². The first kappa shape index (κ1) is 9.43. The Hall–Kier alpha value is -1.13. The maximum Gasteiger partial charge on any atom is 0.125 e. The Morgan fingerprint density at radius 3 is 3.00 bits per heavy atom. The highest BCUT2D eigenvalue weighted by Gasteiger charge is 2.26. The molecule has 14 heavy (non-hydrogen) atoms. The average molecular weight is 198 g/mol. The summed E-state index contributed by atoms with van der Waals surface area (Å²) in [7, 11) is 0. The largest absolute Gasteiger partial charge is 0.488 e. The van der Waals surface area contributed by atoms with Crippen molar-refractivity contribution in [2.24, 2.45) is 0 Å². The minimum absolute atomic E-state index is 0.145. The topological polar surface area (TPSA) is 49.7 Å². The molecule has 1 aliphatic rings. The quantitative estimate of drug-likeness (QED) is 0.707. The zero-order valence-electron chi connectivity index (χ0n) is 7.48. The van der Waals surface area contributed by atoms with Crippen LogP contribution in [0.5, 0.6) is 5.75 Å². The van der Waals surface area contributed by atoms with Gasteiger partial charge < -0.3 is 14.9 Å². The highest BCUT2D eigenvalue weighted by molar-refractivity contribution is 5.37. The second kappa shape index (κ2) is 3.55. The van der Waals surface area contributed by atoms with Gasteiger partial charge >= 0.3 is 0 Å². The van der Waals surface area contributed by atoms with Crippen LogP contribution < -0.4 is 4.74 Å². The molecule has 0 aliphatic carbocycles. The third kappa shape index (κ3) is 1.58. The van der Waals surface area contributed by atoms with Gasteiger partial charge in [-0.1, -0.05) is 0 Å². The van der Waals surface area contributed by atoms with Gasteiger partial charge in [0.15, 0.2) is 0 Å². The molecule has 76 valence electrons. The van der Waals surface area contributed by atoms with Gasteiger partial charge in [0.2, 0.25) is 0 Å². The van der Waals surface area contributed by atoms with E-state index in [2.05, 4.69) is 0 Å². The summed E-state index contributed by atoms with van der Waals surface area (Å²) in [6.07, 6.45) is -0.859. The number of halogens is 1. The van der Waals surface area contributed by atoms with Crippen LogP contribution in [0.3, 0.4) is 0 Å². The van der Waals surface area contributed by atoms with Crippen molar-refractivity contribution in [3.05, 3.63) is 29.6 Å². The molecule has 0 unspecified atom stereocenters. The minimum atomic E-state index is -0.758. The first-order valence-electron chi connectivity index (χ1n) is 4.45. The van der Waals surface area contributed by atoms with Gasteiger partial charge in [-0.2, -0.15) is 0 Å². The van der Waals surface area contributed by atoms with E-state index in [0.717, 1.165) is 0 Å². The molecule has 1 heterocycles. The van der Waals surface area contributed by atoms with Gasteiger partial charge in [0.1, 0.15) is 17.7 Å². The highest BCUT2D eigenvalue weighted by atomic mass is 19.1. The molecule has 3 nitrogen and oxygen atoms in total. The number of fused-ring (bicyclic) bond motifs is 1. The fraction of sp³-hybridized carbons (Fsp3) is 0.400. The number of rotatable bonds is 1. The van der Waals surface area contributed by atoms with Crippen LogP contribution >= 0.6 is 0 Å². The number of benzene rings is 1. The second-order valence-corrected chi connectivity index (χ2v) is 3.36. The smallest absolute Gasteiger partial charge is 0.125 e. The Balaban J connectivity index is 2.35. The summed E-state index contributed by atoms with van der Waals surface area (Å²) < 4.78 is 18.2. The first-order valence-corrected chi connectivity index (χ1v) is 4.45. The normalized spacial score (nSPS) is 25.4. The van der Waals surface area contributed by atoms with Crippen molar-refractivity contribution in [2.45, 2.75) is 18.6 Å². The summed E-state index contributed by atoms with van der Waals surface area (Å²) in [5, 5.41) is 18.5. The molecular formula is C10H11FO3. The van der Waals surface area contributed by atoms with Crippen LogP contribution in [0.1, 0.15) is 18.1 Å². The lowest BCUT2D eigenvalue weighted by Gasteiger charge is -2.28. The van der Waals surface area contributed by atoms with Gasteiger partial charge in [-0.05, 0) is 18.2 Å². The number of hydrogen-bond donors (Lipinski definition) is 2. The van der Waals surface area contributed by atoms with Gasteiger partial charge in [0, 0.05) is 12.0 Å². The molecular weight excluding hydrogens is 187 g/mol. The van der Waals surface area contributed by atoms with Crippen LogP contribution in [-0.2, 0) is 0 Å². The molecule has 2 rings (SSSR count). The predicted molar refractivity (Wildman–Crippen MR) is 47.5 cm³/mol. The van der Waals surface area contributed by atoms with Crippen molar-refractivity contribution >= 4 is 0 Å². The maximum absolute atomic E-state index is 12.8. The van der Waals surface area contributed by atoms with Gasteiger partial charge in [0.05, 0.1) is 12.7 Å². The van der Waals surface area contributed by atoms with Gasteiger partial charge in [-0.25, -0.2) is 4.39 Å². The summed E-state index contributed by atoms with van der Waals surface area (Å²) >= 11 is 0. The summed E-state index contributed by atoms with van der Waals surface area (Å²) in [4.78, 5) is 0. The van der Waals surface area contributed by atoms with Crippen LogP contribution in [0.15, 0.2) is 18.2 Å². The Labute approximate surface area is 80.8 Å². The number of aliphatic hydroxyl groups excluding tert-OH is 2. The molecule has 0 fully saturated rings. The summed E-state index contributed by atoms with van der Waals surface area (Å²) in [6, 6.07) is 3.99. The van der Waals surface area contributed by atoms with Crippen molar-refractivity contribution in [3.63, 3.8) is 0 Å². The molecule has 0 aromatic heterocycles. The molecule has 1 aliphatic heterocycles. The van der Waals surface area contributed by atoms with Gasteiger partial charge in [-0.3, -0.25) is 0 Å². The summed E-state index contributed by atoms with van der Waals surface area (Å²) in [5.41, 5.74) is 0.453. The van der Waals surface area contributed by atoms with Crippen LogP contribution in [0.25, 0.3) is 0 Å². The molecule has 0 saturated carbocycles. The Bertz CT molecular complexity index is 340. The zero-order valence-corrected chi connectivity index (χ0v) is 7.48. The van der Waals surface area contributed by atoms with Crippen LogP contribution in [0.2, 0.25) is 0 Å². The third-order valence-electron chi connectivity index (χ3n) is 2.31. The molecule has 1 aromatic carbocycles. The Morgan fingerprint density at radius 2 is 2.29 bits per heavy atom. The molecule has 0 saturated heterocycles. The van der Waals surface area contributed by atoms with E-state index in [1.807, 2.05) is 0 Å². The van der Waals surface area contributed by atoms with E-state index in [1.165, 1.54) is 18.2 Å². The van der Waals surface area contributed by atoms with E-state index in [9.17, 15) is 9.50 Å². The third-order valence-corrected chi connectivity index (χ3v) is 2.31. The van der Waals surface area contributed by atoms with Gasteiger partial charge in [-0.15, -0.1) is 0 Å². The fourth-order valence-electron chi connectivity index (χ4n) is 1.60. The van der Waals surface area contributed by atoms with E-state index in [4.69, 9.17) is 9.84 Å². The fourth-order valence-corrected chi connectivity index (χ4v) is 1.60. The van der Waals surface area contributed by atoms with Crippen molar-refractivity contribution in [1.82, 2.24) is 0 Å². The molecule has 0 amide bonds. The summed E-state index contributed by atoms with van der Waals surface area (Å²) in [5.74, 6) is 0.0537. The van der Waals surface area contributed by atoms with E-state index in [1.54, 1.807) is 0 Å². The lowest BCUT2D eigenvalue weighted by atomic mass is 9.99. The lowest BCUT2D eigenvalue weighted by Crippen LogP contribution is -2.28. The Kier molecular flexibility index (Phi) is 2.39. The van der Waals surface area contributed by atoms with E-state index >= 15 is 0 Å². The maximum atomic E-state index is 12.8. The predicted octanol–water partition coefficient (Wildman–Crippen LogP) is 1.00. The first-order chi connectivity index (χ1) is 6.70. The van der Waals surface area contributed by atoms with E-state index < -0.39 is 18.0 Å². The monoisotopic (exact) mass is 198 g/mol. The molecule has 4 heteroatoms. The van der Waals surface area contributed by atoms with Crippen LogP contribution in [0, 0.1) is 5.82 Å². The molecule has 1 aromatic rings. The summed E-state index contributed by atoms with van der Waals surface area (Å²) in [6.45, 7) is -0.145. The minimum Gasteiger partial charge on any atom is -0.488 e. The second-order valence-electron chi connectivity index (χ2n) is 3.36. The standard InChI is InChI=1S/C10H11FO3/c11-6-1-2-10-8(3-6)9(13)4-7(5-12)14-10/h1-3,7,9,12-13H,4-5H2/t7-,9-/m1/s1. The molecule has 0 bridgehead atoms. The number of hydrogen-bond acceptors (Lipinski definition) is 3. The lowest BCUT2D eigenvalue weighted by molar-refractivity contribution is 0.0330. The van der Waals surface area contributed by atoms with Crippen molar-refractivity contribution < 1.29 is 19.3 Å². The van der Waals surface area contributed by atoms with Crippen molar-refractivity contribution in [2.75, 3.05) is 6.61 Å². The molecule has 2 N–H and O–H groups in total. The highest BCUT2D eigenvalue weighted by Crippen LogP contribution is 2.34. The SMILES string of the molecule is OC[C@H]1C[C@@H](O)c2cc(F)ccc2O1. The molecule has 0 radical (unpaired) electrons. The van der Waals surface area contributed by atoms with Crippen molar-refractivity contribution in [1.29, 1.82) is 0 Å². The van der Waals surface area contributed by atoms with Crippen LogP contribution in [0.4, 0.5) is 4.39 Å². The number of aliphatic hydroxyl groups is 2. The van der Waals surface area contributed by atoms with Crippen LogP contribution in [-0.4, -0.2) is 22.9 Å². The number of ether oxygens (including phenoxy) is 1. The van der Waals surface area contributed by atoms with Crippen molar-refractivity contribution in [3.8, 4) is 5.75 Å². The molecule has 2 atom stereocenters. The Morgan fingerprint density at radius 1 is 1.50 bits per heavy atom. The average Bonchev–Trinajstić information content (AvgIpc) is 2.19.